The highest BCUT2D eigenvalue weighted by atomic mass is 32.1. The summed E-state index contributed by atoms with van der Waals surface area (Å²) in [7, 11) is 0. The number of phenolic OH excluding ortho intramolecular Hbond substituents is 1. The predicted octanol–water partition coefficient (Wildman–Crippen LogP) is 2.15. The van der Waals surface area contributed by atoms with Gasteiger partial charge in [0.2, 0.25) is 47.3 Å². The number of aromatic amines is 1. The van der Waals surface area contributed by atoms with Crippen molar-refractivity contribution >= 4 is 94.2 Å². The SMILES string of the molecule is CC(C)[C@H](NC(=O)[C@H](CCCCN)NC(=O)[C@@H](Cc1c[nH]c2ccccc12)NC(=O)[C@H](Cc1ccc(O)cc1)NC(=O)[C@H](CS)NC(=O)[C@H](N)Cc1ccccc1)C(=O)N[C@@H](CS)C(=O)N[C@@H](Cc1ccc2ccccc2c1)C(N)=O. The standard InChI is InChI=1S/C59H73N11O9S2/c1-34(2)51(59(79)69-50(33-81)57(77)65-46(52(62)72)29-37-19-22-38-14-6-7-15-39(38)26-37)70-54(74)45(18-10-11-25-60)64-56(76)48(30-40-31-63-44-17-9-8-16-42(40)44)67-55(75)47(28-36-20-23-41(71)24-21-36)66-58(78)49(32-80)68-53(73)43(61)27-35-12-4-3-5-13-35/h3-9,12-17,19-24,26,31,34,43,45-51,63,71,80-81H,10-11,18,25,27-30,32-33,60-61H2,1-2H3,(H2,62,72)(H,64,76)(H,65,77)(H,66,78)(H,67,75)(H,68,73)(H,69,79)(H,70,74)/t43-,45+,46+,47+,48-,49+,50+,51+/m1/s1. The molecule has 6 aromatic rings. The molecule has 0 unspecified atom stereocenters. The van der Waals surface area contributed by atoms with Crippen LogP contribution in [0.4, 0.5) is 0 Å². The van der Waals surface area contributed by atoms with Gasteiger partial charge in [-0.2, -0.15) is 25.3 Å². The zero-order valence-electron chi connectivity index (χ0n) is 45.2. The lowest BCUT2D eigenvalue weighted by atomic mass is 9.99. The molecule has 1 aromatic heterocycles. The number of carbonyl (C=O) groups excluding carboxylic acids is 8. The van der Waals surface area contributed by atoms with Crippen molar-refractivity contribution in [1.82, 2.24) is 42.2 Å². The van der Waals surface area contributed by atoms with Crippen molar-refractivity contribution in [3.8, 4) is 5.75 Å². The molecule has 1 heterocycles. The molecule has 0 fully saturated rings. The third-order valence-corrected chi connectivity index (χ3v) is 14.5. The van der Waals surface area contributed by atoms with Crippen molar-refractivity contribution in [2.24, 2.45) is 23.1 Å². The lowest BCUT2D eigenvalue weighted by Gasteiger charge is -2.29. The zero-order chi connectivity index (χ0) is 58.6. The van der Waals surface area contributed by atoms with Gasteiger partial charge in [-0.15, -0.1) is 0 Å². The van der Waals surface area contributed by atoms with Gasteiger partial charge >= 0.3 is 0 Å². The first-order valence-electron chi connectivity index (χ1n) is 26.8. The Labute approximate surface area is 481 Å². The molecule has 5 aromatic carbocycles. The molecular weight excluding hydrogens is 1070 g/mol. The highest BCUT2D eigenvalue weighted by Gasteiger charge is 2.35. The van der Waals surface area contributed by atoms with Crippen LogP contribution in [-0.4, -0.2) is 124 Å². The second-order valence-electron chi connectivity index (χ2n) is 20.3. The van der Waals surface area contributed by atoms with Crippen molar-refractivity contribution in [3.63, 3.8) is 0 Å². The summed E-state index contributed by atoms with van der Waals surface area (Å²) in [6.45, 7) is 3.64. The molecule has 22 heteroatoms. The van der Waals surface area contributed by atoms with Gasteiger partial charge < -0.3 is 64.5 Å². The van der Waals surface area contributed by atoms with Crippen LogP contribution < -0.4 is 54.4 Å². The number of carbonyl (C=O) groups is 8. The smallest absolute Gasteiger partial charge is 0.244 e. The van der Waals surface area contributed by atoms with Gasteiger partial charge in [-0.05, 0) is 89.4 Å². The number of nitrogens with one attached hydrogen (secondary N) is 8. The zero-order valence-corrected chi connectivity index (χ0v) is 47.0. The minimum atomic E-state index is -1.39. The second kappa shape index (κ2) is 30.6. The maximum absolute atomic E-state index is 14.8. The van der Waals surface area contributed by atoms with Crippen molar-refractivity contribution in [1.29, 1.82) is 0 Å². The lowest BCUT2D eigenvalue weighted by Crippen LogP contribution is -2.61. The van der Waals surface area contributed by atoms with Crippen molar-refractivity contribution in [3.05, 3.63) is 150 Å². The largest absolute Gasteiger partial charge is 0.508 e. The van der Waals surface area contributed by atoms with E-state index in [0.29, 0.717) is 24.0 Å². The van der Waals surface area contributed by atoms with E-state index < -0.39 is 102 Å². The summed E-state index contributed by atoms with van der Waals surface area (Å²) in [6.07, 6.45) is 2.64. The summed E-state index contributed by atoms with van der Waals surface area (Å²) in [4.78, 5) is 115. The summed E-state index contributed by atoms with van der Waals surface area (Å²) >= 11 is 8.66. The fourth-order valence-corrected chi connectivity index (χ4v) is 9.67. The average Bonchev–Trinajstić information content (AvgIpc) is 3.97. The summed E-state index contributed by atoms with van der Waals surface area (Å²) in [5.74, 6) is -6.94. The van der Waals surface area contributed by atoms with Crippen LogP contribution >= 0.6 is 25.3 Å². The Kier molecular flexibility index (Phi) is 23.5. The number of phenols is 1. The summed E-state index contributed by atoms with van der Waals surface area (Å²) in [5, 5.41) is 31.8. The molecule has 20 nitrogen and oxygen atoms in total. The monoisotopic (exact) mass is 1140 g/mol. The Hall–Kier alpha value is -7.92. The average molecular weight is 1140 g/mol. The predicted molar refractivity (Wildman–Crippen MR) is 318 cm³/mol. The van der Waals surface area contributed by atoms with Crippen LogP contribution in [0.25, 0.3) is 21.7 Å². The summed E-state index contributed by atoms with van der Waals surface area (Å²) < 4.78 is 0. The van der Waals surface area contributed by atoms with Crippen LogP contribution in [0.15, 0.2) is 128 Å². The van der Waals surface area contributed by atoms with E-state index in [9.17, 15) is 43.5 Å². The molecule has 81 heavy (non-hydrogen) atoms. The van der Waals surface area contributed by atoms with E-state index in [2.05, 4.69) is 67.5 Å². The van der Waals surface area contributed by atoms with Gasteiger partial charge in [0.05, 0.1) is 6.04 Å². The van der Waals surface area contributed by atoms with Gasteiger partial charge in [0.1, 0.15) is 48.0 Å². The highest BCUT2D eigenvalue weighted by molar-refractivity contribution is 7.80. The quantitative estimate of drug-likeness (QED) is 0.0229. The number of thiol groups is 2. The van der Waals surface area contributed by atoms with Crippen LogP contribution in [0.5, 0.6) is 5.75 Å². The van der Waals surface area contributed by atoms with Crippen LogP contribution in [0.2, 0.25) is 0 Å². The minimum absolute atomic E-state index is 0.0392. The topological polar surface area (TPSA) is 335 Å². The van der Waals surface area contributed by atoms with Gasteiger partial charge in [-0.3, -0.25) is 38.4 Å². The molecule has 0 aliphatic rings. The third kappa shape index (κ3) is 18.3. The van der Waals surface area contributed by atoms with E-state index in [1.54, 1.807) is 32.2 Å². The maximum atomic E-state index is 14.8. The number of H-pyrrole nitrogens is 1. The van der Waals surface area contributed by atoms with Crippen molar-refractivity contribution < 1.29 is 43.5 Å². The maximum Gasteiger partial charge on any atom is 0.244 e. The number of aromatic nitrogens is 1. The minimum Gasteiger partial charge on any atom is -0.508 e. The first kappa shape index (κ1) is 62.3. The molecule has 0 aliphatic carbocycles. The molecule has 8 atom stereocenters. The molecule has 0 saturated heterocycles. The van der Waals surface area contributed by atoms with Gasteiger partial charge in [0.25, 0.3) is 0 Å². The second-order valence-corrected chi connectivity index (χ2v) is 21.0. The van der Waals surface area contributed by atoms with Crippen LogP contribution in [0, 0.1) is 5.92 Å². The molecule has 15 N–H and O–H groups in total. The Balaban J connectivity index is 1.20. The number of benzene rings is 5. The Morgan fingerprint density at radius 2 is 1.02 bits per heavy atom. The van der Waals surface area contributed by atoms with E-state index >= 15 is 0 Å². The third-order valence-electron chi connectivity index (χ3n) is 13.7. The number of rotatable bonds is 30. The molecule has 0 spiro atoms. The molecule has 0 radical (unpaired) electrons. The number of hydrogen-bond acceptors (Lipinski definition) is 13. The number of nitrogens with two attached hydrogens (primary N) is 3. The van der Waals surface area contributed by atoms with E-state index in [0.717, 1.165) is 32.8 Å². The molecule has 0 aliphatic heterocycles. The number of para-hydroxylation sites is 1. The lowest BCUT2D eigenvalue weighted by molar-refractivity contribution is -0.136. The van der Waals surface area contributed by atoms with Crippen molar-refractivity contribution in [2.75, 3.05) is 18.1 Å². The Morgan fingerprint density at radius 3 is 1.65 bits per heavy atom. The number of primary amides is 1. The summed E-state index contributed by atoms with van der Waals surface area (Å²) in [5.41, 5.74) is 21.3. The molecule has 430 valence electrons. The van der Waals surface area contributed by atoms with Gasteiger partial charge in [-0.1, -0.05) is 117 Å². The van der Waals surface area contributed by atoms with Gasteiger partial charge in [0, 0.05) is 47.9 Å². The number of amides is 8. The molecule has 6 rings (SSSR count). The van der Waals surface area contributed by atoms with Crippen molar-refractivity contribution in [2.45, 2.75) is 107 Å². The fourth-order valence-electron chi connectivity index (χ4n) is 9.16. The molecule has 0 saturated carbocycles. The number of fused-ring (bicyclic) bond motifs is 2. The first-order valence-corrected chi connectivity index (χ1v) is 28.1. The summed E-state index contributed by atoms with van der Waals surface area (Å²) in [6, 6.07) is 25.7. The first-order chi connectivity index (χ1) is 38.9. The van der Waals surface area contributed by atoms with Crippen LogP contribution in [0.1, 0.15) is 55.4 Å². The highest BCUT2D eigenvalue weighted by Crippen LogP contribution is 2.21. The van der Waals surface area contributed by atoms with E-state index in [-0.39, 0.29) is 55.9 Å². The Bertz CT molecular complexity index is 3130. The van der Waals surface area contributed by atoms with Crippen LogP contribution in [-0.2, 0) is 64.0 Å². The van der Waals surface area contributed by atoms with E-state index in [1.807, 2.05) is 97.1 Å². The van der Waals surface area contributed by atoms with Gasteiger partial charge in [-0.25, -0.2) is 0 Å². The number of unbranched alkanes of at least 4 members (excludes halogenated alkanes) is 1. The Morgan fingerprint density at radius 1 is 0.519 bits per heavy atom. The number of aromatic hydroxyl groups is 1. The molecular formula is C59H73N11O9S2. The van der Waals surface area contributed by atoms with Gasteiger partial charge in [0.15, 0.2) is 0 Å². The number of hydrogen-bond donors (Lipinski definition) is 14. The molecule has 8 amide bonds. The van der Waals surface area contributed by atoms with E-state index in [4.69, 9.17) is 17.2 Å². The fraction of sp³-hybridized carbons (Fsp3) is 0.356. The van der Waals surface area contributed by atoms with E-state index in [1.165, 1.54) is 12.1 Å². The molecule has 0 bridgehead atoms. The van der Waals surface area contributed by atoms with Crippen LogP contribution in [0.3, 0.4) is 0 Å². The normalized spacial score (nSPS) is 14.3.